The van der Waals surface area contributed by atoms with E-state index < -0.39 is 0 Å². The third-order valence-corrected chi connectivity index (χ3v) is 5.96. The number of hydrogen-bond acceptors (Lipinski definition) is 6. The number of nitrogens with one attached hydrogen (secondary N) is 1. The van der Waals surface area contributed by atoms with E-state index in [9.17, 15) is 4.79 Å². The number of pyridine rings is 1. The van der Waals surface area contributed by atoms with Crippen molar-refractivity contribution in [2.75, 3.05) is 5.32 Å². The zero-order chi connectivity index (χ0) is 17.9. The van der Waals surface area contributed by atoms with Gasteiger partial charge in [-0.05, 0) is 42.8 Å². The molecule has 1 fully saturated rings. The minimum Gasteiger partial charge on any atom is -0.346 e. The van der Waals surface area contributed by atoms with Gasteiger partial charge in [0.2, 0.25) is 5.95 Å². The first-order valence-electron chi connectivity index (χ1n) is 9.16. The van der Waals surface area contributed by atoms with Crippen LogP contribution in [0.4, 0.5) is 5.95 Å². The van der Waals surface area contributed by atoms with E-state index >= 15 is 0 Å². The summed E-state index contributed by atoms with van der Waals surface area (Å²) >= 11 is 1.53. The van der Waals surface area contributed by atoms with Crippen LogP contribution >= 0.6 is 11.3 Å². The molecular weight excluding hydrogens is 344 g/mol. The first-order chi connectivity index (χ1) is 12.7. The molecule has 1 N–H and O–H groups in total. The Balaban J connectivity index is 1.56. The van der Waals surface area contributed by atoms with Gasteiger partial charge in [0.1, 0.15) is 5.69 Å². The average Bonchev–Trinajstić information content (AvgIpc) is 3.08. The summed E-state index contributed by atoms with van der Waals surface area (Å²) in [5.41, 5.74) is 2.30. The van der Waals surface area contributed by atoms with Crippen molar-refractivity contribution in [3.63, 3.8) is 0 Å². The Morgan fingerprint density at radius 2 is 2.19 bits per heavy atom. The highest BCUT2D eigenvalue weighted by Crippen LogP contribution is 2.32. The second-order valence-electron chi connectivity index (χ2n) is 6.91. The molecule has 26 heavy (non-hydrogen) atoms. The molecule has 0 saturated heterocycles. The van der Waals surface area contributed by atoms with Gasteiger partial charge in [-0.15, -0.1) is 11.3 Å². The number of hydrogen-bond donors (Lipinski definition) is 1. The fraction of sp³-hybridized carbons (Fsp3) is 0.400. The van der Waals surface area contributed by atoms with E-state index in [0.717, 1.165) is 28.2 Å². The van der Waals surface area contributed by atoms with Crippen LogP contribution in [0, 0.1) is 5.92 Å². The van der Waals surface area contributed by atoms with Gasteiger partial charge < -0.3 is 5.32 Å². The van der Waals surface area contributed by atoms with Crippen LogP contribution in [-0.4, -0.2) is 20.7 Å². The van der Waals surface area contributed by atoms with Crippen LogP contribution in [0.25, 0.3) is 10.2 Å². The normalized spacial score (nSPS) is 15.6. The van der Waals surface area contributed by atoms with Crippen molar-refractivity contribution in [3.8, 4) is 0 Å². The van der Waals surface area contributed by atoms with Crippen LogP contribution in [0.3, 0.4) is 0 Å². The molecule has 4 rings (SSSR count). The topological polar surface area (TPSA) is 67.8 Å². The number of thiophene rings is 1. The standard InChI is InChI=1S/C20H22N4OS/c1-13(15-7-2-3-11-21-15)22-20-23-16-10-12-26-19(16)18(24-20)17(25)9-8-14-5-4-6-14/h2-3,7,10-14H,4-6,8-9H2,1H3,(H,22,23,24)/t13-/m0/s1. The van der Waals surface area contributed by atoms with E-state index in [1.807, 2.05) is 36.6 Å². The summed E-state index contributed by atoms with van der Waals surface area (Å²) < 4.78 is 0.889. The average molecular weight is 366 g/mol. The number of aromatic nitrogens is 3. The SMILES string of the molecule is C[C@H](Nc1nc(C(=O)CCC2CCC2)c2sccc2n1)c1ccccn1. The van der Waals surface area contributed by atoms with Gasteiger partial charge in [0.05, 0.1) is 22.0 Å². The van der Waals surface area contributed by atoms with E-state index in [-0.39, 0.29) is 11.8 Å². The van der Waals surface area contributed by atoms with Crippen LogP contribution in [0.5, 0.6) is 0 Å². The highest BCUT2D eigenvalue weighted by atomic mass is 32.1. The zero-order valence-electron chi connectivity index (χ0n) is 14.8. The fourth-order valence-electron chi connectivity index (χ4n) is 3.25. The van der Waals surface area contributed by atoms with Gasteiger partial charge in [-0.25, -0.2) is 9.97 Å². The molecule has 0 radical (unpaired) electrons. The summed E-state index contributed by atoms with van der Waals surface area (Å²) in [6.45, 7) is 2.02. The Kier molecular flexibility index (Phi) is 4.93. The summed E-state index contributed by atoms with van der Waals surface area (Å²) in [5, 5.41) is 5.26. The predicted octanol–water partition coefficient (Wildman–Crippen LogP) is 5.02. The van der Waals surface area contributed by atoms with E-state index in [2.05, 4.69) is 20.3 Å². The second kappa shape index (κ2) is 7.50. The Morgan fingerprint density at radius 1 is 1.31 bits per heavy atom. The summed E-state index contributed by atoms with van der Waals surface area (Å²) in [4.78, 5) is 26.3. The van der Waals surface area contributed by atoms with Gasteiger partial charge >= 0.3 is 0 Å². The van der Waals surface area contributed by atoms with Crippen molar-refractivity contribution >= 4 is 33.3 Å². The molecule has 5 nitrogen and oxygen atoms in total. The van der Waals surface area contributed by atoms with Crippen LogP contribution in [-0.2, 0) is 0 Å². The molecule has 0 aliphatic heterocycles. The summed E-state index contributed by atoms with van der Waals surface area (Å²) in [7, 11) is 0. The van der Waals surface area contributed by atoms with Gasteiger partial charge in [-0.2, -0.15) is 0 Å². The number of ketones is 1. The molecule has 6 heteroatoms. The van der Waals surface area contributed by atoms with Crippen molar-refractivity contribution in [1.82, 2.24) is 15.0 Å². The lowest BCUT2D eigenvalue weighted by Gasteiger charge is -2.24. The number of carbonyl (C=O) groups is 1. The lowest BCUT2D eigenvalue weighted by Crippen LogP contribution is -2.15. The van der Waals surface area contributed by atoms with Crippen molar-refractivity contribution in [2.45, 2.75) is 45.1 Å². The van der Waals surface area contributed by atoms with Crippen LogP contribution in [0.2, 0.25) is 0 Å². The molecule has 3 aromatic rings. The third kappa shape index (κ3) is 3.60. The van der Waals surface area contributed by atoms with E-state index in [0.29, 0.717) is 18.1 Å². The summed E-state index contributed by atoms with van der Waals surface area (Å²) in [6, 6.07) is 7.72. The number of fused-ring (bicyclic) bond motifs is 1. The molecule has 1 aliphatic rings. The first kappa shape index (κ1) is 17.1. The number of anilines is 1. The maximum Gasteiger partial charge on any atom is 0.224 e. The van der Waals surface area contributed by atoms with Gasteiger partial charge in [0.15, 0.2) is 5.78 Å². The molecule has 0 unspecified atom stereocenters. The maximum absolute atomic E-state index is 12.8. The van der Waals surface area contributed by atoms with E-state index in [1.165, 1.54) is 30.6 Å². The second-order valence-corrected chi connectivity index (χ2v) is 7.83. The number of nitrogens with zero attached hydrogens (tertiary/aromatic N) is 3. The van der Waals surface area contributed by atoms with Gasteiger partial charge in [-0.3, -0.25) is 9.78 Å². The Morgan fingerprint density at radius 3 is 2.92 bits per heavy atom. The van der Waals surface area contributed by atoms with E-state index in [4.69, 9.17) is 0 Å². The van der Waals surface area contributed by atoms with Gasteiger partial charge in [0, 0.05) is 12.6 Å². The maximum atomic E-state index is 12.8. The largest absolute Gasteiger partial charge is 0.346 e. The molecule has 134 valence electrons. The Bertz CT molecular complexity index is 905. The smallest absolute Gasteiger partial charge is 0.224 e. The minimum atomic E-state index is -0.0368. The highest BCUT2D eigenvalue weighted by Gasteiger charge is 2.21. The fourth-order valence-corrected chi connectivity index (χ4v) is 4.09. The molecule has 1 atom stereocenters. The molecule has 3 aromatic heterocycles. The van der Waals surface area contributed by atoms with Gasteiger partial charge in [-0.1, -0.05) is 25.3 Å². The van der Waals surface area contributed by atoms with Gasteiger partial charge in [0.25, 0.3) is 0 Å². The summed E-state index contributed by atoms with van der Waals surface area (Å²) in [5.74, 6) is 1.34. The molecule has 0 amide bonds. The zero-order valence-corrected chi connectivity index (χ0v) is 15.6. The van der Waals surface area contributed by atoms with Crippen molar-refractivity contribution < 1.29 is 4.79 Å². The third-order valence-electron chi connectivity index (χ3n) is 5.05. The molecule has 1 saturated carbocycles. The lowest BCUT2D eigenvalue weighted by molar-refractivity contribution is 0.0962. The molecule has 1 aliphatic carbocycles. The Hall–Kier alpha value is -2.34. The van der Waals surface area contributed by atoms with Crippen molar-refractivity contribution in [1.29, 1.82) is 0 Å². The van der Waals surface area contributed by atoms with Crippen LogP contribution in [0.15, 0.2) is 35.8 Å². The molecule has 0 spiro atoms. The minimum absolute atomic E-state index is 0.0368. The number of Topliss-reactive ketones (excluding diaryl/α,β-unsaturated/α-hetero) is 1. The lowest BCUT2D eigenvalue weighted by atomic mass is 9.81. The quantitative estimate of drug-likeness (QED) is 0.595. The first-order valence-corrected chi connectivity index (χ1v) is 10.0. The van der Waals surface area contributed by atoms with Crippen LogP contribution in [0.1, 0.15) is 61.3 Å². The summed E-state index contributed by atoms with van der Waals surface area (Å²) in [6.07, 6.45) is 7.15. The monoisotopic (exact) mass is 366 g/mol. The molecule has 0 aromatic carbocycles. The van der Waals surface area contributed by atoms with Crippen LogP contribution < -0.4 is 5.32 Å². The number of carbonyl (C=O) groups excluding carboxylic acids is 1. The highest BCUT2D eigenvalue weighted by molar-refractivity contribution is 7.17. The predicted molar refractivity (Wildman–Crippen MR) is 105 cm³/mol. The van der Waals surface area contributed by atoms with Crippen molar-refractivity contribution in [3.05, 3.63) is 47.2 Å². The van der Waals surface area contributed by atoms with E-state index in [1.54, 1.807) is 6.20 Å². The molecule has 3 heterocycles. The Labute approximate surface area is 156 Å². The molecule has 0 bridgehead atoms. The number of rotatable bonds is 7. The van der Waals surface area contributed by atoms with Crippen molar-refractivity contribution in [2.24, 2.45) is 5.92 Å². The molecular formula is C20H22N4OS.